The summed E-state index contributed by atoms with van der Waals surface area (Å²) >= 11 is 1.36. The summed E-state index contributed by atoms with van der Waals surface area (Å²) in [6.45, 7) is 4.53. The summed E-state index contributed by atoms with van der Waals surface area (Å²) in [6, 6.07) is 0.362. The van der Waals surface area contributed by atoms with Crippen molar-refractivity contribution in [2.24, 2.45) is 0 Å². The Kier molecular flexibility index (Phi) is 6.11. The first-order valence-electron chi connectivity index (χ1n) is 8.13. The molecule has 1 heterocycles. The number of aromatic amines is 1. The van der Waals surface area contributed by atoms with Crippen LogP contribution in [0.1, 0.15) is 52.4 Å². The quantitative estimate of drug-likeness (QED) is 0.814. The van der Waals surface area contributed by atoms with Crippen molar-refractivity contribution >= 4 is 17.7 Å². The van der Waals surface area contributed by atoms with Crippen LogP contribution in [0.2, 0.25) is 0 Å². The largest absolute Gasteiger partial charge is 0.343 e. The lowest BCUT2D eigenvalue weighted by Crippen LogP contribution is -2.42. The number of nitrogens with zero attached hydrogens (tertiary/aromatic N) is 3. The number of nitrogens with one attached hydrogen (secondary N) is 1. The van der Waals surface area contributed by atoms with E-state index in [9.17, 15) is 9.59 Å². The minimum absolute atomic E-state index is 0.121. The van der Waals surface area contributed by atoms with Gasteiger partial charge in [0.2, 0.25) is 5.91 Å². The van der Waals surface area contributed by atoms with Gasteiger partial charge in [-0.2, -0.15) is 0 Å². The smallest absolute Gasteiger partial charge is 0.342 e. The van der Waals surface area contributed by atoms with Crippen LogP contribution in [-0.4, -0.2) is 43.9 Å². The standard InChI is InChI=1S/C15H26N4O2S/c1-4-10-19-14(21)16-17-15(19)22-11(2)13(20)18(3)12-8-6-5-7-9-12/h11-12H,4-10H2,1-3H3,(H,16,21)/t11-/m1/s1. The van der Waals surface area contributed by atoms with Crippen LogP contribution >= 0.6 is 11.8 Å². The molecular formula is C15H26N4O2S. The Morgan fingerprint density at radius 3 is 2.77 bits per heavy atom. The molecule has 124 valence electrons. The predicted octanol–water partition coefficient (Wildman–Crippen LogP) is 2.25. The molecule has 1 N–H and O–H groups in total. The Morgan fingerprint density at radius 2 is 2.14 bits per heavy atom. The second-order valence-electron chi connectivity index (χ2n) is 5.96. The molecule has 1 atom stereocenters. The van der Waals surface area contributed by atoms with Gasteiger partial charge in [0.1, 0.15) is 0 Å². The average Bonchev–Trinajstić information content (AvgIpc) is 2.88. The van der Waals surface area contributed by atoms with Gasteiger partial charge in [-0.3, -0.25) is 9.36 Å². The summed E-state index contributed by atoms with van der Waals surface area (Å²) < 4.78 is 1.61. The highest BCUT2D eigenvalue weighted by molar-refractivity contribution is 8.00. The Balaban J connectivity index is 2.00. The van der Waals surface area contributed by atoms with Crippen molar-refractivity contribution in [3.8, 4) is 0 Å². The van der Waals surface area contributed by atoms with E-state index < -0.39 is 0 Å². The van der Waals surface area contributed by atoms with Crippen LogP contribution in [0.15, 0.2) is 9.95 Å². The van der Waals surface area contributed by atoms with Crippen LogP contribution in [0, 0.1) is 0 Å². The zero-order chi connectivity index (χ0) is 16.1. The lowest BCUT2D eigenvalue weighted by molar-refractivity contribution is -0.131. The molecular weight excluding hydrogens is 300 g/mol. The molecule has 22 heavy (non-hydrogen) atoms. The topological polar surface area (TPSA) is 71.0 Å². The van der Waals surface area contributed by atoms with E-state index in [2.05, 4.69) is 10.2 Å². The van der Waals surface area contributed by atoms with Crippen LogP contribution in [0.25, 0.3) is 0 Å². The molecule has 0 unspecified atom stereocenters. The fourth-order valence-electron chi connectivity index (χ4n) is 2.96. The fourth-order valence-corrected chi connectivity index (χ4v) is 3.94. The van der Waals surface area contributed by atoms with Crippen molar-refractivity contribution in [2.45, 2.75) is 75.4 Å². The first-order valence-corrected chi connectivity index (χ1v) is 9.01. The van der Waals surface area contributed by atoms with E-state index in [0.29, 0.717) is 17.7 Å². The van der Waals surface area contributed by atoms with Crippen molar-refractivity contribution in [2.75, 3.05) is 7.05 Å². The molecule has 2 rings (SSSR count). The van der Waals surface area contributed by atoms with Gasteiger partial charge in [0.25, 0.3) is 0 Å². The van der Waals surface area contributed by atoms with Gasteiger partial charge < -0.3 is 4.90 Å². The molecule has 0 saturated heterocycles. The summed E-state index contributed by atoms with van der Waals surface area (Å²) in [6.07, 6.45) is 6.75. The number of carbonyl (C=O) groups is 1. The minimum Gasteiger partial charge on any atom is -0.342 e. The van der Waals surface area contributed by atoms with Crippen LogP contribution in [0.4, 0.5) is 0 Å². The summed E-state index contributed by atoms with van der Waals surface area (Å²) in [7, 11) is 1.90. The van der Waals surface area contributed by atoms with Crippen LogP contribution in [0.3, 0.4) is 0 Å². The Bertz CT molecular complexity index is 548. The molecule has 1 amide bonds. The maximum Gasteiger partial charge on any atom is 0.343 e. The van der Waals surface area contributed by atoms with Crippen molar-refractivity contribution < 1.29 is 4.79 Å². The summed E-state index contributed by atoms with van der Waals surface area (Å²) in [5.74, 6) is 0.121. The highest BCUT2D eigenvalue weighted by atomic mass is 32.2. The molecule has 1 aliphatic carbocycles. The number of hydrogen-bond acceptors (Lipinski definition) is 4. The molecule has 1 aliphatic rings. The van der Waals surface area contributed by atoms with Gasteiger partial charge >= 0.3 is 5.69 Å². The number of H-pyrrole nitrogens is 1. The van der Waals surface area contributed by atoms with E-state index in [4.69, 9.17) is 0 Å². The van der Waals surface area contributed by atoms with Gasteiger partial charge in [-0.15, -0.1) is 5.10 Å². The van der Waals surface area contributed by atoms with E-state index >= 15 is 0 Å². The van der Waals surface area contributed by atoms with E-state index in [1.807, 2.05) is 25.8 Å². The fraction of sp³-hybridized carbons (Fsp3) is 0.800. The predicted molar refractivity (Wildman–Crippen MR) is 88.1 cm³/mol. The number of amides is 1. The average molecular weight is 326 g/mol. The summed E-state index contributed by atoms with van der Waals surface area (Å²) in [5.41, 5.74) is -0.204. The van der Waals surface area contributed by atoms with E-state index in [-0.39, 0.29) is 16.8 Å². The number of thioether (sulfide) groups is 1. The molecule has 0 bridgehead atoms. The molecule has 6 nitrogen and oxygen atoms in total. The van der Waals surface area contributed by atoms with Crippen molar-refractivity contribution in [1.29, 1.82) is 0 Å². The van der Waals surface area contributed by atoms with E-state index in [1.54, 1.807) is 4.57 Å². The summed E-state index contributed by atoms with van der Waals surface area (Å²) in [5, 5.41) is 6.88. The van der Waals surface area contributed by atoms with Crippen molar-refractivity contribution in [3.63, 3.8) is 0 Å². The number of aromatic nitrogens is 3. The first-order chi connectivity index (χ1) is 10.5. The molecule has 0 aliphatic heterocycles. The second kappa shape index (κ2) is 7.85. The maximum atomic E-state index is 12.6. The highest BCUT2D eigenvalue weighted by Gasteiger charge is 2.27. The van der Waals surface area contributed by atoms with Crippen LogP contribution in [0.5, 0.6) is 0 Å². The van der Waals surface area contributed by atoms with Gasteiger partial charge in [-0.1, -0.05) is 37.9 Å². The summed E-state index contributed by atoms with van der Waals surface area (Å²) in [4.78, 5) is 26.2. The molecule has 0 aromatic carbocycles. The first kappa shape index (κ1) is 17.1. The Hall–Kier alpha value is -1.24. The van der Waals surface area contributed by atoms with E-state index in [1.165, 1.54) is 31.0 Å². The zero-order valence-electron chi connectivity index (χ0n) is 13.7. The van der Waals surface area contributed by atoms with E-state index in [0.717, 1.165) is 19.3 Å². The van der Waals surface area contributed by atoms with Gasteiger partial charge in [0, 0.05) is 19.6 Å². The second-order valence-corrected chi connectivity index (χ2v) is 7.27. The number of hydrogen-bond donors (Lipinski definition) is 1. The van der Waals surface area contributed by atoms with Crippen LogP contribution < -0.4 is 5.69 Å². The Labute approximate surface area is 135 Å². The van der Waals surface area contributed by atoms with Crippen molar-refractivity contribution in [3.05, 3.63) is 10.5 Å². The third kappa shape index (κ3) is 3.94. The lowest BCUT2D eigenvalue weighted by Gasteiger charge is -2.32. The van der Waals surface area contributed by atoms with Gasteiger partial charge in [-0.05, 0) is 26.2 Å². The molecule has 1 saturated carbocycles. The minimum atomic E-state index is -0.238. The molecule has 0 spiro atoms. The highest BCUT2D eigenvalue weighted by Crippen LogP contribution is 2.26. The third-order valence-corrected chi connectivity index (χ3v) is 5.35. The molecule has 7 heteroatoms. The Morgan fingerprint density at radius 1 is 1.45 bits per heavy atom. The van der Waals surface area contributed by atoms with Crippen LogP contribution in [-0.2, 0) is 11.3 Å². The molecule has 1 aromatic heterocycles. The number of carbonyl (C=O) groups excluding carboxylic acids is 1. The zero-order valence-corrected chi connectivity index (χ0v) is 14.5. The molecule has 1 aromatic rings. The molecule has 0 radical (unpaired) electrons. The van der Waals surface area contributed by atoms with Gasteiger partial charge in [-0.25, -0.2) is 9.89 Å². The molecule has 1 fully saturated rings. The van der Waals surface area contributed by atoms with Crippen molar-refractivity contribution in [1.82, 2.24) is 19.7 Å². The van der Waals surface area contributed by atoms with Gasteiger partial charge in [0.05, 0.1) is 5.25 Å². The number of rotatable bonds is 6. The SMILES string of the molecule is CCCn1c(S[C@H](C)C(=O)N(C)C2CCCCC2)n[nH]c1=O. The monoisotopic (exact) mass is 326 g/mol. The normalized spacial score (nSPS) is 17.4. The van der Waals surface area contributed by atoms with Gasteiger partial charge in [0.15, 0.2) is 5.16 Å². The maximum absolute atomic E-state index is 12.6. The third-order valence-electron chi connectivity index (χ3n) is 4.27. The lowest BCUT2D eigenvalue weighted by atomic mass is 9.94.